The maximum atomic E-state index is 12.7. The molecule has 2 heterocycles. The van der Waals surface area contributed by atoms with Crippen LogP contribution in [0.4, 0.5) is 0 Å². The minimum atomic E-state index is -0.984. The predicted molar refractivity (Wildman–Crippen MR) is 108 cm³/mol. The number of carboxylic acid groups (broad SMARTS) is 1. The number of rotatable bonds is 4. The van der Waals surface area contributed by atoms with Gasteiger partial charge in [0.15, 0.2) is 0 Å². The fraction of sp³-hybridized carbons (Fsp3) is 0.182. The van der Waals surface area contributed by atoms with E-state index in [4.69, 9.17) is 5.11 Å². The molecule has 3 rings (SSSR count). The average Bonchev–Trinajstić information content (AvgIpc) is 3.16. The van der Waals surface area contributed by atoms with Crippen LogP contribution in [0.3, 0.4) is 0 Å². The molecular weight excluding hydrogens is 368 g/mol. The van der Waals surface area contributed by atoms with Crippen molar-refractivity contribution < 1.29 is 14.7 Å². The SMILES string of the molecule is Cc1cc(C)n(C(=O)/C(C#N)=C/c2cc(C)n(-c3ccc(C(=O)O)cc3)c2C)n1. The maximum absolute atomic E-state index is 12.7. The zero-order valence-electron chi connectivity index (χ0n) is 16.6. The van der Waals surface area contributed by atoms with Gasteiger partial charge in [0.25, 0.3) is 5.91 Å². The van der Waals surface area contributed by atoms with Gasteiger partial charge < -0.3 is 9.67 Å². The first-order chi connectivity index (χ1) is 13.7. The summed E-state index contributed by atoms with van der Waals surface area (Å²) < 4.78 is 3.18. The minimum Gasteiger partial charge on any atom is -0.478 e. The summed E-state index contributed by atoms with van der Waals surface area (Å²) >= 11 is 0. The standard InChI is InChI=1S/C22H20N4O3/c1-13-9-15(3)26(24-13)21(27)19(12-23)11-18-10-14(2)25(16(18)4)20-7-5-17(6-8-20)22(28)29/h5-11H,1-4H3,(H,28,29)/b19-11+. The van der Waals surface area contributed by atoms with E-state index in [-0.39, 0.29) is 11.1 Å². The third-order valence-corrected chi connectivity index (χ3v) is 4.70. The highest BCUT2D eigenvalue weighted by atomic mass is 16.4. The monoisotopic (exact) mass is 388 g/mol. The maximum Gasteiger partial charge on any atom is 0.335 e. The number of hydrogen-bond donors (Lipinski definition) is 1. The summed E-state index contributed by atoms with van der Waals surface area (Å²) in [5.41, 5.74) is 4.82. The van der Waals surface area contributed by atoms with Crippen LogP contribution in [0, 0.1) is 39.0 Å². The third-order valence-electron chi connectivity index (χ3n) is 4.70. The number of aromatic carboxylic acids is 1. The zero-order chi connectivity index (χ0) is 21.3. The van der Waals surface area contributed by atoms with E-state index in [2.05, 4.69) is 5.10 Å². The van der Waals surface area contributed by atoms with Crippen molar-refractivity contribution in [2.24, 2.45) is 0 Å². The minimum absolute atomic E-state index is 0.0160. The van der Waals surface area contributed by atoms with Crippen molar-refractivity contribution in [3.8, 4) is 11.8 Å². The van der Waals surface area contributed by atoms with Crippen LogP contribution >= 0.6 is 0 Å². The molecule has 0 saturated carbocycles. The Morgan fingerprint density at radius 2 is 1.72 bits per heavy atom. The fourth-order valence-electron chi connectivity index (χ4n) is 3.33. The van der Waals surface area contributed by atoms with Crippen molar-refractivity contribution in [1.29, 1.82) is 5.26 Å². The van der Waals surface area contributed by atoms with E-state index in [0.29, 0.717) is 11.4 Å². The lowest BCUT2D eigenvalue weighted by atomic mass is 10.1. The summed E-state index contributed by atoms with van der Waals surface area (Å²) in [5, 5.41) is 22.8. The molecule has 0 aliphatic carbocycles. The molecule has 29 heavy (non-hydrogen) atoms. The number of nitriles is 1. The first kappa shape index (κ1) is 19.8. The lowest BCUT2D eigenvalue weighted by molar-refractivity contribution is 0.0696. The Morgan fingerprint density at radius 1 is 1.07 bits per heavy atom. The molecule has 2 aromatic heterocycles. The van der Waals surface area contributed by atoms with Crippen molar-refractivity contribution >= 4 is 18.0 Å². The molecule has 1 aromatic carbocycles. The first-order valence-electron chi connectivity index (χ1n) is 8.95. The second-order valence-corrected chi connectivity index (χ2v) is 6.83. The van der Waals surface area contributed by atoms with Gasteiger partial charge in [-0.2, -0.15) is 10.4 Å². The fourth-order valence-corrected chi connectivity index (χ4v) is 3.33. The number of benzene rings is 1. The van der Waals surface area contributed by atoms with Gasteiger partial charge in [-0.25, -0.2) is 9.48 Å². The van der Waals surface area contributed by atoms with Crippen molar-refractivity contribution in [2.75, 3.05) is 0 Å². The van der Waals surface area contributed by atoms with Gasteiger partial charge in [-0.15, -0.1) is 0 Å². The molecule has 146 valence electrons. The second-order valence-electron chi connectivity index (χ2n) is 6.83. The van der Waals surface area contributed by atoms with Crippen LogP contribution in [0.2, 0.25) is 0 Å². The Bertz CT molecular complexity index is 1190. The Labute approximate surface area is 168 Å². The lowest BCUT2D eigenvalue weighted by Crippen LogP contribution is -2.15. The van der Waals surface area contributed by atoms with Crippen molar-refractivity contribution in [1.82, 2.24) is 14.3 Å². The predicted octanol–water partition coefficient (Wildman–Crippen LogP) is 3.85. The van der Waals surface area contributed by atoms with Gasteiger partial charge in [0.1, 0.15) is 11.6 Å². The van der Waals surface area contributed by atoms with Gasteiger partial charge in [0.05, 0.1) is 11.3 Å². The Morgan fingerprint density at radius 3 is 2.24 bits per heavy atom. The Hall–Kier alpha value is -3.92. The van der Waals surface area contributed by atoms with Crippen molar-refractivity contribution in [3.05, 3.63) is 75.9 Å². The molecule has 0 saturated heterocycles. The molecule has 0 aliphatic rings. The molecule has 0 bridgehead atoms. The van der Waals surface area contributed by atoms with Crippen LogP contribution < -0.4 is 0 Å². The number of carbonyl (C=O) groups excluding carboxylic acids is 1. The summed E-state index contributed by atoms with van der Waals surface area (Å²) in [5.74, 6) is -1.46. The van der Waals surface area contributed by atoms with Gasteiger partial charge >= 0.3 is 5.97 Å². The molecule has 0 radical (unpaired) electrons. The van der Waals surface area contributed by atoms with Gasteiger partial charge in [0.2, 0.25) is 0 Å². The highest BCUT2D eigenvalue weighted by Crippen LogP contribution is 2.23. The molecule has 7 nitrogen and oxygen atoms in total. The van der Waals surface area contributed by atoms with Crippen molar-refractivity contribution in [2.45, 2.75) is 27.7 Å². The third kappa shape index (κ3) is 3.73. The summed E-state index contributed by atoms with van der Waals surface area (Å²) in [6.07, 6.45) is 1.56. The molecule has 0 aliphatic heterocycles. The van der Waals surface area contributed by atoms with Crippen LogP contribution in [0.5, 0.6) is 0 Å². The van der Waals surface area contributed by atoms with Gasteiger partial charge in [-0.05, 0) is 75.7 Å². The highest BCUT2D eigenvalue weighted by molar-refractivity contribution is 6.03. The molecule has 0 amide bonds. The molecule has 0 unspecified atom stereocenters. The number of carboxylic acids is 1. The first-order valence-corrected chi connectivity index (χ1v) is 8.95. The summed E-state index contributed by atoms with van der Waals surface area (Å²) in [6, 6.07) is 12.2. The second kappa shape index (κ2) is 7.60. The molecule has 0 fully saturated rings. The van der Waals surface area contributed by atoms with Crippen LogP contribution in [0.15, 0.2) is 42.0 Å². The molecule has 3 aromatic rings. The lowest BCUT2D eigenvalue weighted by Gasteiger charge is -2.10. The summed E-state index contributed by atoms with van der Waals surface area (Å²) in [7, 11) is 0. The topological polar surface area (TPSA) is 101 Å². The Kier molecular flexibility index (Phi) is 5.20. The largest absolute Gasteiger partial charge is 0.478 e. The molecular formula is C22H20N4O3. The molecule has 7 heteroatoms. The van der Waals surface area contributed by atoms with E-state index in [0.717, 1.165) is 22.6 Å². The smallest absolute Gasteiger partial charge is 0.335 e. The quantitative estimate of drug-likeness (QED) is 0.540. The van der Waals surface area contributed by atoms with E-state index in [9.17, 15) is 14.9 Å². The number of allylic oxidation sites excluding steroid dienone is 1. The summed E-state index contributed by atoms with van der Waals surface area (Å²) in [6.45, 7) is 7.34. The molecule has 0 spiro atoms. The van der Waals surface area contributed by atoms with Gasteiger partial charge in [-0.3, -0.25) is 4.79 Å². The number of nitrogens with zero attached hydrogens (tertiary/aromatic N) is 4. The highest BCUT2D eigenvalue weighted by Gasteiger charge is 2.17. The number of hydrogen-bond acceptors (Lipinski definition) is 4. The number of carbonyl (C=O) groups is 2. The van der Waals surface area contributed by atoms with Crippen LogP contribution in [0.1, 0.15) is 43.5 Å². The van der Waals surface area contributed by atoms with E-state index >= 15 is 0 Å². The van der Waals surface area contributed by atoms with Crippen LogP contribution in [-0.4, -0.2) is 31.3 Å². The van der Waals surface area contributed by atoms with Gasteiger partial charge in [0, 0.05) is 22.8 Å². The average molecular weight is 388 g/mol. The van der Waals surface area contributed by atoms with Gasteiger partial charge in [-0.1, -0.05) is 0 Å². The van der Waals surface area contributed by atoms with Crippen molar-refractivity contribution in [3.63, 3.8) is 0 Å². The number of aryl methyl sites for hydroxylation is 3. The normalized spacial score (nSPS) is 11.3. The van der Waals surface area contributed by atoms with E-state index in [1.807, 2.05) is 30.6 Å². The van der Waals surface area contributed by atoms with E-state index < -0.39 is 11.9 Å². The molecule has 1 N–H and O–H groups in total. The van der Waals surface area contributed by atoms with E-state index in [1.54, 1.807) is 50.3 Å². The van der Waals surface area contributed by atoms with E-state index in [1.165, 1.54) is 4.68 Å². The number of aromatic nitrogens is 3. The molecule has 0 atom stereocenters. The van der Waals surface area contributed by atoms with Crippen LogP contribution in [0.25, 0.3) is 11.8 Å². The Balaban J connectivity index is 2.02. The van der Waals surface area contributed by atoms with Crippen LogP contribution in [-0.2, 0) is 0 Å². The zero-order valence-corrected chi connectivity index (χ0v) is 16.6. The summed E-state index contributed by atoms with van der Waals surface area (Å²) in [4.78, 5) is 23.8.